The quantitative estimate of drug-likeness (QED) is 0.907. The van der Waals surface area contributed by atoms with Crippen LogP contribution in [0.5, 0.6) is 0 Å². The van der Waals surface area contributed by atoms with Crippen molar-refractivity contribution in [3.63, 3.8) is 0 Å². The summed E-state index contributed by atoms with van der Waals surface area (Å²) in [6.45, 7) is 1.95. The van der Waals surface area contributed by atoms with Gasteiger partial charge in [0, 0.05) is 52.9 Å². The standard InChI is InChI=1S/C17H25N7O/c1-22(2)15-9-13(6-7-18-15)10-19-17(25)24-8-4-5-14(11-24)16-21-20-12-23(16)3/h6-7,9,12,14H,4-5,8,10-11H2,1-3H3,(H,19,25). The summed E-state index contributed by atoms with van der Waals surface area (Å²) >= 11 is 0. The summed E-state index contributed by atoms with van der Waals surface area (Å²) in [6.07, 6.45) is 5.49. The van der Waals surface area contributed by atoms with Gasteiger partial charge in [-0.2, -0.15) is 0 Å². The number of likely N-dealkylation sites (tertiary alicyclic amines) is 1. The molecule has 1 fully saturated rings. The zero-order valence-electron chi connectivity index (χ0n) is 15.0. The number of hydrogen-bond donors (Lipinski definition) is 1. The number of carbonyl (C=O) groups is 1. The molecule has 1 saturated heterocycles. The lowest BCUT2D eigenvalue weighted by Crippen LogP contribution is -2.45. The molecule has 3 rings (SSSR count). The molecular weight excluding hydrogens is 318 g/mol. The van der Waals surface area contributed by atoms with Crippen molar-refractivity contribution in [1.29, 1.82) is 0 Å². The van der Waals surface area contributed by atoms with Gasteiger partial charge >= 0.3 is 6.03 Å². The Morgan fingerprint density at radius 3 is 3.00 bits per heavy atom. The Morgan fingerprint density at radius 2 is 2.28 bits per heavy atom. The lowest BCUT2D eigenvalue weighted by Gasteiger charge is -2.32. The topological polar surface area (TPSA) is 79.2 Å². The second kappa shape index (κ2) is 7.50. The number of aromatic nitrogens is 4. The van der Waals surface area contributed by atoms with Gasteiger partial charge in [0.25, 0.3) is 0 Å². The smallest absolute Gasteiger partial charge is 0.317 e. The summed E-state index contributed by atoms with van der Waals surface area (Å²) in [6, 6.07) is 3.88. The number of aryl methyl sites for hydroxylation is 1. The highest BCUT2D eigenvalue weighted by Crippen LogP contribution is 2.25. The van der Waals surface area contributed by atoms with Crippen molar-refractivity contribution >= 4 is 11.8 Å². The van der Waals surface area contributed by atoms with Crippen molar-refractivity contribution in [3.05, 3.63) is 36.0 Å². The highest BCUT2D eigenvalue weighted by atomic mass is 16.2. The lowest BCUT2D eigenvalue weighted by molar-refractivity contribution is 0.177. The highest BCUT2D eigenvalue weighted by Gasteiger charge is 2.27. The fraction of sp³-hybridized carbons (Fsp3) is 0.529. The van der Waals surface area contributed by atoms with Crippen LogP contribution in [0.1, 0.15) is 30.1 Å². The molecule has 0 aromatic carbocycles. The first-order chi connectivity index (χ1) is 12.0. The number of rotatable bonds is 4. The zero-order valence-corrected chi connectivity index (χ0v) is 15.0. The average molecular weight is 343 g/mol. The molecule has 0 saturated carbocycles. The summed E-state index contributed by atoms with van der Waals surface area (Å²) in [5, 5.41) is 11.2. The average Bonchev–Trinajstić information content (AvgIpc) is 3.06. The Hall–Kier alpha value is -2.64. The molecule has 2 amide bonds. The molecule has 1 N–H and O–H groups in total. The molecule has 1 aliphatic rings. The normalized spacial score (nSPS) is 17.4. The van der Waals surface area contributed by atoms with E-state index >= 15 is 0 Å². The fourth-order valence-corrected chi connectivity index (χ4v) is 3.14. The largest absolute Gasteiger partial charge is 0.363 e. The van der Waals surface area contributed by atoms with Gasteiger partial charge in [0.1, 0.15) is 18.0 Å². The molecule has 3 heterocycles. The molecule has 1 aliphatic heterocycles. The van der Waals surface area contributed by atoms with E-state index in [0.29, 0.717) is 13.1 Å². The predicted molar refractivity (Wildman–Crippen MR) is 95.4 cm³/mol. The number of nitrogens with one attached hydrogen (secondary N) is 1. The van der Waals surface area contributed by atoms with Gasteiger partial charge in [-0.1, -0.05) is 0 Å². The molecule has 2 aromatic rings. The van der Waals surface area contributed by atoms with Gasteiger partial charge in [0.05, 0.1) is 0 Å². The summed E-state index contributed by atoms with van der Waals surface area (Å²) in [7, 11) is 5.84. The number of carbonyl (C=O) groups excluding carboxylic acids is 1. The van der Waals surface area contributed by atoms with Gasteiger partial charge in [-0.3, -0.25) is 0 Å². The van der Waals surface area contributed by atoms with Crippen LogP contribution < -0.4 is 10.2 Å². The third-order valence-corrected chi connectivity index (χ3v) is 4.53. The van der Waals surface area contributed by atoms with Crippen LogP contribution in [-0.2, 0) is 13.6 Å². The second-order valence-electron chi connectivity index (χ2n) is 6.66. The maximum Gasteiger partial charge on any atom is 0.317 e. The van der Waals surface area contributed by atoms with E-state index in [1.165, 1.54) is 0 Å². The van der Waals surface area contributed by atoms with Crippen molar-refractivity contribution in [2.75, 3.05) is 32.1 Å². The van der Waals surface area contributed by atoms with Crippen LogP contribution in [0.25, 0.3) is 0 Å². The first-order valence-electron chi connectivity index (χ1n) is 8.53. The Morgan fingerprint density at radius 1 is 1.44 bits per heavy atom. The third kappa shape index (κ3) is 4.07. The van der Waals surface area contributed by atoms with Crippen LogP contribution in [0.3, 0.4) is 0 Å². The molecule has 2 aromatic heterocycles. The molecular formula is C17H25N7O. The number of hydrogen-bond acceptors (Lipinski definition) is 5. The molecule has 8 nitrogen and oxygen atoms in total. The van der Waals surface area contributed by atoms with Gasteiger partial charge in [0.15, 0.2) is 0 Å². The van der Waals surface area contributed by atoms with Crippen molar-refractivity contribution < 1.29 is 4.79 Å². The minimum Gasteiger partial charge on any atom is -0.363 e. The first kappa shape index (κ1) is 17.2. The van der Waals surface area contributed by atoms with E-state index in [2.05, 4.69) is 20.5 Å². The molecule has 134 valence electrons. The van der Waals surface area contributed by atoms with Crippen molar-refractivity contribution in [2.24, 2.45) is 7.05 Å². The van der Waals surface area contributed by atoms with E-state index in [9.17, 15) is 4.79 Å². The summed E-state index contributed by atoms with van der Waals surface area (Å²) in [5.41, 5.74) is 1.04. The van der Waals surface area contributed by atoms with Gasteiger partial charge in [0.2, 0.25) is 0 Å². The van der Waals surface area contributed by atoms with Crippen LogP contribution in [0.15, 0.2) is 24.7 Å². The van der Waals surface area contributed by atoms with E-state index in [0.717, 1.165) is 36.6 Å². The molecule has 0 radical (unpaired) electrons. The van der Waals surface area contributed by atoms with Crippen LogP contribution in [0, 0.1) is 0 Å². The third-order valence-electron chi connectivity index (χ3n) is 4.53. The van der Waals surface area contributed by atoms with Gasteiger partial charge < -0.3 is 19.7 Å². The van der Waals surface area contributed by atoms with Crippen molar-refractivity contribution in [3.8, 4) is 0 Å². The Kier molecular flexibility index (Phi) is 5.16. The summed E-state index contributed by atoms with van der Waals surface area (Å²) in [5.74, 6) is 2.07. The SMILES string of the molecule is CN(C)c1cc(CNC(=O)N2CCCC(c3nncn3C)C2)ccn1. The van der Waals surface area contributed by atoms with Gasteiger partial charge in [-0.25, -0.2) is 9.78 Å². The number of pyridine rings is 1. The van der Waals surface area contributed by atoms with Crippen LogP contribution in [0.4, 0.5) is 10.6 Å². The van der Waals surface area contributed by atoms with Gasteiger partial charge in [-0.15, -0.1) is 10.2 Å². The number of urea groups is 1. The second-order valence-corrected chi connectivity index (χ2v) is 6.66. The number of anilines is 1. The van der Waals surface area contributed by atoms with Gasteiger partial charge in [-0.05, 0) is 30.5 Å². The van der Waals surface area contributed by atoms with Crippen LogP contribution >= 0.6 is 0 Å². The lowest BCUT2D eigenvalue weighted by atomic mass is 9.97. The predicted octanol–water partition coefficient (Wildman–Crippen LogP) is 1.37. The molecule has 8 heteroatoms. The van der Waals surface area contributed by atoms with E-state index in [1.54, 1.807) is 12.5 Å². The number of nitrogens with zero attached hydrogens (tertiary/aromatic N) is 6. The summed E-state index contributed by atoms with van der Waals surface area (Å²) in [4.78, 5) is 20.6. The monoisotopic (exact) mass is 343 g/mol. The highest BCUT2D eigenvalue weighted by molar-refractivity contribution is 5.74. The first-order valence-corrected chi connectivity index (χ1v) is 8.53. The number of amides is 2. The van der Waals surface area contributed by atoms with E-state index < -0.39 is 0 Å². The maximum absolute atomic E-state index is 12.5. The maximum atomic E-state index is 12.5. The van der Waals surface area contributed by atoms with Crippen LogP contribution in [-0.4, -0.2) is 57.9 Å². The Labute approximate surface area is 147 Å². The van der Waals surface area contributed by atoms with Crippen LogP contribution in [0.2, 0.25) is 0 Å². The van der Waals surface area contributed by atoms with Crippen molar-refractivity contribution in [1.82, 2.24) is 30.0 Å². The number of piperidine rings is 1. The molecule has 1 unspecified atom stereocenters. The molecule has 1 atom stereocenters. The molecule has 0 aliphatic carbocycles. The molecule has 25 heavy (non-hydrogen) atoms. The van der Waals surface area contributed by atoms with E-state index in [-0.39, 0.29) is 11.9 Å². The van der Waals surface area contributed by atoms with Crippen molar-refractivity contribution in [2.45, 2.75) is 25.3 Å². The molecule has 0 bridgehead atoms. The zero-order chi connectivity index (χ0) is 17.8. The minimum atomic E-state index is -0.0323. The van der Waals surface area contributed by atoms with E-state index in [1.807, 2.05) is 47.6 Å². The molecule has 0 spiro atoms. The minimum absolute atomic E-state index is 0.0323. The fourth-order valence-electron chi connectivity index (χ4n) is 3.14. The van der Waals surface area contributed by atoms with E-state index in [4.69, 9.17) is 0 Å². The Balaban J connectivity index is 1.58. The summed E-state index contributed by atoms with van der Waals surface area (Å²) < 4.78 is 1.94. The Bertz CT molecular complexity index is 727.